The van der Waals surface area contributed by atoms with Gasteiger partial charge in [-0.1, -0.05) is 324 Å². The molecule has 0 bridgehead atoms. The summed E-state index contributed by atoms with van der Waals surface area (Å²) in [6.07, 6.45) is 62.4. The molecule has 0 radical (unpaired) electrons. The van der Waals surface area contributed by atoms with Gasteiger partial charge in [-0.2, -0.15) is 0 Å². The Morgan fingerprint density at radius 3 is 0.700 bits per heavy atom. The molecule has 0 rings (SSSR count). The topological polar surface area (TPSA) is 78.9 Å². The first-order chi connectivity index (χ1) is 34.2. The van der Waals surface area contributed by atoms with Crippen molar-refractivity contribution in [2.45, 2.75) is 368 Å². The predicted octanol–water partition coefficient (Wildman–Crippen LogP) is 21.2. The lowest BCUT2D eigenvalue weighted by Crippen LogP contribution is -2.30. The monoisotopic (exact) mass is 989 g/mol. The van der Waals surface area contributed by atoms with E-state index in [0.717, 1.165) is 69.6 Å². The minimum Gasteiger partial charge on any atom is -0.462 e. The summed E-state index contributed by atoms with van der Waals surface area (Å²) < 4.78 is 17.0. The molecule has 6 heteroatoms. The van der Waals surface area contributed by atoms with Crippen molar-refractivity contribution in [3.8, 4) is 0 Å². The zero-order valence-corrected chi connectivity index (χ0v) is 48.2. The molecule has 0 unspecified atom stereocenters. The molecule has 0 heterocycles. The van der Waals surface area contributed by atoms with E-state index in [2.05, 4.69) is 34.6 Å². The number of esters is 3. The smallest absolute Gasteiger partial charge is 0.306 e. The minimum absolute atomic E-state index is 0.0618. The second kappa shape index (κ2) is 56.7. The van der Waals surface area contributed by atoms with Gasteiger partial charge in [0.15, 0.2) is 6.10 Å². The van der Waals surface area contributed by atoms with Crippen molar-refractivity contribution >= 4 is 17.9 Å². The lowest BCUT2D eigenvalue weighted by molar-refractivity contribution is -0.167. The SMILES string of the molecule is CCCCCCCCCCCCCCCCCCC(=O)O[C@H](COC(=O)CCCCCCCCCCCCCCCCCCC(C)C)COC(=O)CCCCCCCCCCCCCCCCC(C)C. The first kappa shape index (κ1) is 68.4. The van der Waals surface area contributed by atoms with E-state index in [1.165, 1.54) is 250 Å². The van der Waals surface area contributed by atoms with E-state index in [4.69, 9.17) is 14.2 Å². The highest BCUT2D eigenvalue weighted by Crippen LogP contribution is 2.19. The Kier molecular flexibility index (Phi) is 55.4. The summed E-state index contributed by atoms with van der Waals surface area (Å²) >= 11 is 0. The Hall–Kier alpha value is -1.59. The summed E-state index contributed by atoms with van der Waals surface area (Å²) in [6.45, 7) is 11.5. The largest absolute Gasteiger partial charge is 0.462 e. The van der Waals surface area contributed by atoms with Gasteiger partial charge in [-0.3, -0.25) is 14.4 Å². The lowest BCUT2D eigenvalue weighted by Gasteiger charge is -2.18. The third-order valence-corrected chi connectivity index (χ3v) is 14.7. The number of unbranched alkanes of at least 4 members (excludes halogenated alkanes) is 43. The highest BCUT2D eigenvalue weighted by Gasteiger charge is 2.19. The summed E-state index contributed by atoms with van der Waals surface area (Å²) in [7, 11) is 0. The molecule has 0 saturated heterocycles. The fourth-order valence-electron chi connectivity index (χ4n) is 9.93. The van der Waals surface area contributed by atoms with Crippen molar-refractivity contribution in [3.05, 3.63) is 0 Å². The summed E-state index contributed by atoms with van der Waals surface area (Å²) in [5, 5.41) is 0. The van der Waals surface area contributed by atoms with Gasteiger partial charge < -0.3 is 14.2 Å². The molecule has 0 aromatic carbocycles. The molecule has 0 spiro atoms. The van der Waals surface area contributed by atoms with Gasteiger partial charge in [-0.25, -0.2) is 0 Å². The number of hydrogen-bond donors (Lipinski definition) is 0. The molecule has 0 aromatic rings. The van der Waals surface area contributed by atoms with E-state index >= 15 is 0 Å². The zero-order valence-electron chi connectivity index (χ0n) is 48.2. The van der Waals surface area contributed by atoms with E-state index in [9.17, 15) is 14.4 Å². The molecule has 0 N–H and O–H groups in total. The van der Waals surface area contributed by atoms with Crippen LogP contribution in [0.1, 0.15) is 362 Å². The Bertz CT molecular complexity index is 1070. The number of carbonyl (C=O) groups is 3. The van der Waals surface area contributed by atoms with Crippen LogP contribution in [0.15, 0.2) is 0 Å². The fraction of sp³-hybridized carbons (Fsp3) is 0.953. The van der Waals surface area contributed by atoms with Gasteiger partial charge in [0.25, 0.3) is 0 Å². The minimum atomic E-state index is -0.763. The molecule has 416 valence electrons. The maximum absolute atomic E-state index is 12.9. The molecule has 6 nitrogen and oxygen atoms in total. The van der Waals surface area contributed by atoms with Crippen LogP contribution < -0.4 is 0 Å². The van der Waals surface area contributed by atoms with Crippen LogP contribution in [-0.2, 0) is 28.6 Å². The molecule has 0 aromatic heterocycles. The Morgan fingerprint density at radius 2 is 0.471 bits per heavy atom. The molecule has 0 saturated carbocycles. The number of ether oxygens (including phenoxy) is 3. The van der Waals surface area contributed by atoms with Gasteiger partial charge in [-0.05, 0) is 31.1 Å². The van der Waals surface area contributed by atoms with Crippen molar-refractivity contribution in [2.75, 3.05) is 13.2 Å². The van der Waals surface area contributed by atoms with E-state index in [0.29, 0.717) is 19.3 Å². The van der Waals surface area contributed by atoms with Crippen LogP contribution in [0, 0.1) is 11.8 Å². The van der Waals surface area contributed by atoms with Crippen LogP contribution in [0.5, 0.6) is 0 Å². The van der Waals surface area contributed by atoms with Crippen molar-refractivity contribution in [2.24, 2.45) is 11.8 Å². The Labute approximate surface area is 438 Å². The Morgan fingerprint density at radius 1 is 0.271 bits per heavy atom. The standard InChI is InChI=1S/C64H124O6/c1-6-7-8-9-10-11-12-13-14-18-26-31-36-41-46-51-56-64(67)70-61(58-69-63(66)55-50-45-40-35-30-25-21-20-23-28-33-38-43-48-53-60(4)5)57-68-62(65)54-49-44-39-34-29-24-19-16-15-17-22-27-32-37-42-47-52-59(2)3/h59-61H,6-58H2,1-5H3/t61-/m1/s1. The molecule has 1 atom stereocenters. The van der Waals surface area contributed by atoms with E-state index in [-0.39, 0.29) is 31.1 Å². The van der Waals surface area contributed by atoms with Crippen LogP contribution in [0.25, 0.3) is 0 Å². The average Bonchev–Trinajstić information content (AvgIpc) is 3.33. The molecule has 0 amide bonds. The maximum atomic E-state index is 12.9. The summed E-state index contributed by atoms with van der Waals surface area (Å²) in [4.78, 5) is 38.3. The third kappa shape index (κ3) is 57.3. The highest BCUT2D eigenvalue weighted by atomic mass is 16.6. The van der Waals surface area contributed by atoms with Gasteiger partial charge in [0, 0.05) is 19.3 Å². The fourth-order valence-corrected chi connectivity index (χ4v) is 9.93. The number of carbonyl (C=O) groups excluding carboxylic acids is 3. The second-order valence-corrected chi connectivity index (χ2v) is 23.0. The maximum Gasteiger partial charge on any atom is 0.306 e. The molecular formula is C64H124O6. The normalized spacial score (nSPS) is 12.0. The number of rotatable bonds is 58. The van der Waals surface area contributed by atoms with Crippen LogP contribution in [0.2, 0.25) is 0 Å². The zero-order chi connectivity index (χ0) is 51.1. The highest BCUT2D eigenvalue weighted by molar-refractivity contribution is 5.71. The van der Waals surface area contributed by atoms with Gasteiger partial charge in [-0.15, -0.1) is 0 Å². The van der Waals surface area contributed by atoms with E-state index < -0.39 is 6.10 Å². The molecule has 0 aliphatic heterocycles. The molecule has 70 heavy (non-hydrogen) atoms. The van der Waals surface area contributed by atoms with Crippen molar-refractivity contribution < 1.29 is 28.6 Å². The van der Waals surface area contributed by atoms with E-state index in [1.807, 2.05) is 0 Å². The first-order valence-corrected chi connectivity index (χ1v) is 31.7. The van der Waals surface area contributed by atoms with Gasteiger partial charge in [0.05, 0.1) is 0 Å². The van der Waals surface area contributed by atoms with Crippen molar-refractivity contribution in [3.63, 3.8) is 0 Å². The number of hydrogen-bond acceptors (Lipinski definition) is 6. The third-order valence-electron chi connectivity index (χ3n) is 14.7. The summed E-state index contributed by atoms with van der Waals surface area (Å²) in [5.74, 6) is 0.867. The summed E-state index contributed by atoms with van der Waals surface area (Å²) in [6, 6.07) is 0. The van der Waals surface area contributed by atoms with Crippen LogP contribution in [0.3, 0.4) is 0 Å². The first-order valence-electron chi connectivity index (χ1n) is 31.7. The van der Waals surface area contributed by atoms with E-state index in [1.54, 1.807) is 0 Å². The van der Waals surface area contributed by atoms with Crippen LogP contribution in [-0.4, -0.2) is 37.2 Å². The van der Waals surface area contributed by atoms with Crippen molar-refractivity contribution in [1.29, 1.82) is 0 Å². The molecular weight excluding hydrogens is 865 g/mol. The van der Waals surface area contributed by atoms with Crippen molar-refractivity contribution in [1.82, 2.24) is 0 Å². The lowest BCUT2D eigenvalue weighted by atomic mass is 10.0. The van der Waals surface area contributed by atoms with Gasteiger partial charge >= 0.3 is 17.9 Å². The predicted molar refractivity (Wildman–Crippen MR) is 303 cm³/mol. The molecule has 0 aliphatic carbocycles. The van der Waals surface area contributed by atoms with Gasteiger partial charge in [0.2, 0.25) is 0 Å². The summed E-state index contributed by atoms with van der Waals surface area (Å²) in [5.41, 5.74) is 0. The Balaban J connectivity index is 4.28. The molecule has 0 fully saturated rings. The van der Waals surface area contributed by atoms with Crippen LogP contribution in [0.4, 0.5) is 0 Å². The second-order valence-electron chi connectivity index (χ2n) is 23.0. The molecule has 0 aliphatic rings. The van der Waals surface area contributed by atoms with Gasteiger partial charge in [0.1, 0.15) is 13.2 Å². The quantitative estimate of drug-likeness (QED) is 0.0343. The van der Waals surface area contributed by atoms with Crippen LogP contribution >= 0.6 is 0 Å². The average molecular weight is 990 g/mol.